The van der Waals surface area contributed by atoms with Crippen LogP contribution in [0.3, 0.4) is 0 Å². The van der Waals surface area contributed by atoms with Crippen LogP contribution in [0.4, 0.5) is 0 Å². The van der Waals surface area contributed by atoms with E-state index in [0.29, 0.717) is 5.92 Å². The third-order valence-corrected chi connectivity index (χ3v) is 5.97. The second kappa shape index (κ2) is 6.76. The van der Waals surface area contributed by atoms with E-state index in [2.05, 4.69) is 59.1 Å². The zero-order chi connectivity index (χ0) is 15.5. The van der Waals surface area contributed by atoms with Crippen molar-refractivity contribution in [2.45, 2.75) is 36.4 Å². The quantitative estimate of drug-likeness (QED) is 0.704. The summed E-state index contributed by atoms with van der Waals surface area (Å²) in [4.78, 5) is 0.850. The van der Waals surface area contributed by atoms with Crippen LogP contribution in [0.15, 0.2) is 34.7 Å². The average Bonchev–Trinajstić information content (AvgIpc) is 3.12. The van der Waals surface area contributed by atoms with Gasteiger partial charge >= 0.3 is 0 Å². The third kappa shape index (κ3) is 3.16. The fourth-order valence-corrected chi connectivity index (χ4v) is 4.00. The van der Waals surface area contributed by atoms with Crippen LogP contribution in [-0.4, -0.2) is 19.8 Å². The van der Waals surface area contributed by atoms with Crippen LogP contribution in [0.5, 0.6) is 0 Å². The Balaban J connectivity index is 1.77. The van der Waals surface area contributed by atoms with Crippen molar-refractivity contribution < 1.29 is 5.73 Å². The summed E-state index contributed by atoms with van der Waals surface area (Å²) in [6.07, 6.45) is 1.07. The molecule has 2 aromatic heterocycles. The van der Waals surface area contributed by atoms with E-state index in [9.17, 15) is 0 Å². The molecular weight excluding hydrogens is 314 g/mol. The molecular formula is C15H20N5S2+. The molecule has 0 unspecified atom stereocenters. The lowest BCUT2D eigenvalue weighted by atomic mass is 10.00. The van der Waals surface area contributed by atoms with E-state index in [1.165, 1.54) is 5.56 Å². The van der Waals surface area contributed by atoms with Crippen molar-refractivity contribution in [1.82, 2.24) is 19.8 Å². The number of thioether (sulfide) groups is 1. The monoisotopic (exact) mass is 334 g/mol. The molecule has 0 fully saturated rings. The van der Waals surface area contributed by atoms with Crippen molar-refractivity contribution in [2.75, 3.05) is 0 Å². The Kier molecular flexibility index (Phi) is 4.75. The van der Waals surface area contributed by atoms with Crippen LogP contribution in [0.1, 0.15) is 37.7 Å². The van der Waals surface area contributed by atoms with Crippen LogP contribution < -0.4 is 5.73 Å². The predicted octanol–water partition coefficient (Wildman–Crippen LogP) is 2.81. The van der Waals surface area contributed by atoms with Crippen molar-refractivity contribution >= 4 is 28.1 Å². The molecule has 5 nitrogen and oxygen atoms in total. The second-order valence-corrected chi connectivity index (χ2v) is 7.57. The smallest absolute Gasteiger partial charge is 0.235 e. The molecule has 0 radical (unpaired) electrons. The lowest BCUT2D eigenvalue weighted by Crippen LogP contribution is -2.57. The van der Waals surface area contributed by atoms with Crippen molar-refractivity contribution in [3.63, 3.8) is 0 Å². The van der Waals surface area contributed by atoms with Gasteiger partial charge in [-0.1, -0.05) is 67.3 Å². The molecule has 0 bridgehead atoms. The lowest BCUT2D eigenvalue weighted by molar-refractivity contribution is -0.441. The molecule has 2 heterocycles. The molecule has 3 N–H and O–H groups in total. The molecule has 0 aliphatic carbocycles. The first-order valence-corrected chi connectivity index (χ1v) is 9.21. The number of rotatable bonds is 6. The first-order valence-electron chi connectivity index (χ1n) is 7.41. The van der Waals surface area contributed by atoms with Gasteiger partial charge in [0.1, 0.15) is 6.04 Å². The number of nitrogens with zero attached hydrogens (tertiary/aromatic N) is 4. The van der Waals surface area contributed by atoms with Crippen LogP contribution in [0, 0.1) is 5.92 Å². The Labute approximate surface area is 137 Å². The maximum absolute atomic E-state index is 4.66. The summed E-state index contributed by atoms with van der Waals surface area (Å²) in [6, 6.07) is 10.5. The third-order valence-electron chi connectivity index (χ3n) is 3.86. The molecule has 3 rings (SSSR count). The Morgan fingerprint density at radius 2 is 2.05 bits per heavy atom. The summed E-state index contributed by atoms with van der Waals surface area (Å²) in [5, 5.41) is 13.2. The molecule has 0 saturated carbocycles. The highest BCUT2D eigenvalue weighted by molar-refractivity contribution is 8.00. The van der Waals surface area contributed by atoms with Crippen molar-refractivity contribution in [3.05, 3.63) is 41.7 Å². The second-order valence-electron chi connectivity index (χ2n) is 5.39. The Morgan fingerprint density at radius 3 is 2.77 bits per heavy atom. The highest BCUT2D eigenvalue weighted by Gasteiger charge is 2.24. The maximum atomic E-state index is 4.66. The van der Waals surface area contributed by atoms with Gasteiger partial charge in [-0.15, -0.1) is 15.3 Å². The molecule has 0 aliphatic rings. The van der Waals surface area contributed by atoms with Gasteiger partial charge in [0.2, 0.25) is 10.8 Å². The first kappa shape index (κ1) is 15.5. The molecule has 2 atom stereocenters. The van der Waals surface area contributed by atoms with E-state index >= 15 is 0 Å². The molecule has 0 aliphatic heterocycles. The number of benzene rings is 1. The van der Waals surface area contributed by atoms with Gasteiger partial charge in [-0.05, 0) is 12.0 Å². The first-order chi connectivity index (χ1) is 10.7. The largest absolute Gasteiger partial charge is 0.348 e. The highest BCUT2D eigenvalue weighted by atomic mass is 32.2. The van der Waals surface area contributed by atoms with E-state index in [4.69, 9.17) is 0 Å². The van der Waals surface area contributed by atoms with Crippen molar-refractivity contribution in [2.24, 2.45) is 5.92 Å². The minimum Gasteiger partial charge on any atom is -0.348 e. The van der Waals surface area contributed by atoms with Crippen LogP contribution >= 0.6 is 23.1 Å². The summed E-state index contributed by atoms with van der Waals surface area (Å²) in [7, 11) is 0. The molecule has 3 aromatic rings. The average molecular weight is 334 g/mol. The summed E-state index contributed by atoms with van der Waals surface area (Å²) >= 11 is 3.32. The van der Waals surface area contributed by atoms with Gasteiger partial charge < -0.3 is 5.73 Å². The lowest BCUT2D eigenvalue weighted by Gasteiger charge is -2.11. The van der Waals surface area contributed by atoms with Gasteiger partial charge in [-0.2, -0.15) is 4.52 Å². The number of quaternary nitrogens is 1. The molecule has 7 heteroatoms. The zero-order valence-corrected chi connectivity index (χ0v) is 14.4. The van der Waals surface area contributed by atoms with Gasteiger partial charge in [-0.3, -0.25) is 0 Å². The minimum atomic E-state index is 0.120. The minimum absolute atomic E-state index is 0.120. The number of fused-ring (bicyclic) bond motifs is 1. The molecule has 22 heavy (non-hydrogen) atoms. The normalized spacial score (nSPS) is 14.3. The summed E-state index contributed by atoms with van der Waals surface area (Å²) < 4.78 is 2.88. The number of hydrogen-bond donors (Lipinski definition) is 1. The van der Waals surface area contributed by atoms with Gasteiger partial charge in [0.25, 0.3) is 0 Å². The predicted molar refractivity (Wildman–Crippen MR) is 89.7 cm³/mol. The fourth-order valence-electron chi connectivity index (χ4n) is 2.16. The molecule has 0 amide bonds. The summed E-state index contributed by atoms with van der Waals surface area (Å²) in [5.74, 6) is 2.25. The standard InChI is InChI=1S/C15H19N5S2/c1-3-10(2)12(16)13-17-18-14-20(13)19-15(22-14)21-9-11-7-5-4-6-8-11/h4-8,10,12H,3,9,16H2,1-2H3/p+1/t10-,12-/m0/s1. The van der Waals surface area contributed by atoms with E-state index in [-0.39, 0.29) is 6.04 Å². The van der Waals surface area contributed by atoms with Crippen LogP contribution in [0.25, 0.3) is 4.96 Å². The van der Waals surface area contributed by atoms with E-state index in [1.807, 2.05) is 10.6 Å². The van der Waals surface area contributed by atoms with E-state index < -0.39 is 0 Å². The van der Waals surface area contributed by atoms with Crippen molar-refractivity contribution in [3.8, 4) is 0 Å². The molecule has 116 valence electrons. The number of hydrogen-bond acceptors (Lipinski definition) is 5. The van der Waals surface area contributed by atoms with Gasteiger partial charge in [-0.25, -0.2) is 0 Å². The molecule has 0 spiro atoms. The zero-order valence-electron chi connectivity index (χ0n) is 12.8. The molecule has 1 aromatic carbocycles. The summed E-state index contributed by atoms with van der Waals surface area (Å²) in [6.45, 7) is 4.36. The Hall–Kier alpha value is -1.44. The maximum Gasteiger partial charge on any atom is 0.235 e. The SMILES string of the molecule is CC[C@H](C)[C@H]([NH3+])c1nnc2sc(SCc3ccccc3)nn12. The fraction of sp³-hybridized carbons (Fsp3) is 0.400. The van der Waals surface area contributed by atoms with Crippen LogP contribution in [0.2, 0.25) is 0 Å². The van der Waals surface area contributed by atoms with Gasteiger partial charge in [0.05, 0.1) is 0 Å². The topological polar surface area (TPSA) is 70.7 Å². The van der Waals surface area contributed by atoms with E-state index in [1.54, 1.807) is 23.1 Å². The number of aromatic nitrogens is 4. The highest BCUT2D eigenvalue weighted by Crippen LogP contribution is 2.29. The van der Waals surface area contributed by atoms with Crippen LogP contribution in [-0.2, 0) is 5.75 Å². The van der Waals surface area contributed by atoms with E-state index in [0.717, 1.165) is 27.3 Å². The molecule has 0 saturated heterocycles. The summed E-state index contributed by atoms with van der Waals surface area (Å²) in [5.41, 5.74) is 5.54. The van der Waals surface area contributed by atoms with Crippen molar-refractivity contribution in [1.29, 1.82) is 0 Å². The Morgan fingerprint density at radius 1 is 1.27 bits per heavy atom. The van der Waals surface area contributed by atoms with Gasteiger partial charge in [0, 0.05) is 11.7 Å². The van der Waals surface area contributed by atoms with Gasteiger partial charge in [0.15, 0.2) is 4.34 Å². The Bertz CT molecular complexity index is 737.